The number of carbonyl (C=O) groups excluding carboxylic acids is 3. The lowest BCUT2D eigenvalue weighted by molar-refractivity contribution is -0.159. The topological polar surface area (TPSA) is 63.7 Å². The third kappa shape index (κ3) is 4.47. The van der Waals surface area contributed by atoms with E-state index >= 15 is 0 Å². The summed E-state index contributed by atoms with van der Waals surface area (Å²) in [5.41, 5.74) is -0.151. The van der Waals surface area contributed by atoms with Crippen LogP contribution >= 0.6 is 0 Å². The Bertz CT molecular complexity index is 402. The molecule has 1 unspecified atom stereocenters. The maximum absolute atomic E-state index is 12.2. The lowest BCUT2D eigenvalue weighted by Crippen LogP contribution is -2.46. The van der Waals surface area contributed by atoms with Gasteiger partial charge in [0.15, 0.2) is 0 Å². The molecule has 5 nitrogen and oxygen atoms in total. The summed E-state index contributed by atoms with van der Waals surface area (Å²) in [6.45, 7) is 8.11. The molecule has 0 aliphatic carbocycles. The first-order chi connectivity index (χ1) is 9.26. The van der Waals surface area contributed by atoms with E-state index in [0.717, 1.165) is 17.7 Å². The summed E-state index contributed by atoms with van der Waals surface area (Å²) in [4.78, 5) is 36.6. The fourth-order valence-corrected chi connectivity index (χ4v) is 1.85. The predicted octanol–water partition coefficient (Wildman–Crippen LogP) is 2.06. The highest BCUT2D eigenvalue weighted by atomic mass is 16.5. The van der Waals surface area contributed by atoms with Crippen molar-refractivity contribution in [1.82, 2.24) is 4.90 Å². The fraction of sp³-hybridized carbons (Fsp3) is 0.667. The highest BCUT2D eigenvalue weighted by Gasteiger charge is 2.36. The zero-order valence-electron chi connectivity index (χ0n) is 12.6. The van der Waals surface area contributed by atoms with E-state index in [1.54, 1.807) is 0 Å². The highest BCUT2D eigenvalue weighted by molar-refractivity contribution is 6.14. The lowest BCUT2D eigenvalue weighted by atomic mass is 9.98. The van der Waals surface area contributed by atoms with Gasteiger partial charge in [-0.25, -0.2) is 4.79 Å². The molecule has 0 fully saturated rings. The molecular weight excluding hydrogens is 258 g/mol. The minimum atomic E-state index is -0.813. The second-order valence-electron chi connectivity index (χ2n) is 6.21. The number of hydrogen-bond donors (Lipinski definition) is 0. The van der Waals surface area contributed by atoms with Crippen LogP contribution in [0.2, 0.25) is 0 Å². The van der Waals surface area contributed by atoms with E-state index in [0.29, 0.717) is 6.42 Å². The normalized spacial score (nSPS) is 16.7. The third-order valence-corrected chi connectivity index (χ3v) is 2.91. The van der Waals surface area contributed by atoms with Crippen LogP contribution in [0.3, 0.4) is 0 Å². The zero-order chi connectivity index (χ0) is 15.3. The minimum Gasteiger partial charge on any atom is -0.464 e. The molecule has 0 aromatic rings. The second-order valence-corrected chi connectivity index (χ2v) is 6.21. The van der Waals surface area contributed by atoms with Gasteiger partial charge < -0.3 is 4.74 Å². The smallest absolute Gasteiger partial charge is 0.329 e. The predicted molar refractivity (Wildman–Crippen MR) is 74.7 cm³/mol. The molecule has 20 heavy (non-hydrogen) atoms. The molecule has 0 N–H and O–H groups in total. The van der Waals surface area contributed by atoms with Crippen molar-refractivity contribution in [3.63, 3.8) is 0 Å². The van der Waals surface area contributed by atoms with Gasteiger partial charge in [0.05, 0.1) is 6.61 Å². The average molecular weight is 281 g/mol. The van der Waals surface area contributed by atoms with E-state index in [1.807, 2.05) is 27.7 Å². The Morgan fingerprint density at radius 1 is 1.25 bits per heavy atom. The van der Waals surface area contributed by atoms with Crippen molar-refractivity contribution < 1.29 is 19.1 Å². The molecule has 5 heteroatoms. The van der Waals surface area contributed by atoms with E-state index in [2.05, 4.69) is 0 Å². The molecule has 0 saturated carbocycles. The van der Waals surface area contributed by atoms with Crippen LogP contribution in [0.5, 0.6) is 0 Å². The van der Waals surface area contributed by atoms with Gasteiger partial charge in [-0.15, -0.1) is 0 Å². The Kier molecular flexibility index (Phi) is 5.48. The van der Waals surface area contributed by atoms with E-state index in [1.165, 1.54) is 12.2 Å². The quantitative estimate of drug-likeness (QED) is 0.552. The number of carbonyl (C=O) groups is 3. The summed E-state index contributed by atoms with van der Waals surface area (Å²) >= 11 is 0. The summed E-state index contributed by atoms with van der Waals surface area (Å²) in [7, 11) is 0. The Morgan fingerprint density at radius 2 is 1.80 bits per heavy atom. The number of hydrogen-bond acceptors (Lipinski definition) is 4. The molecule has 1 atom stereocenters. The number of rotatable bonds is 6. The van der Waals surface area contributed by atoms with Gasteiger partial charge in [0, 0.05) is 12.2 Å². The molecule has 0 radical (unpaired) electrons. The SMILES string of the molecule is CCCCC(C(=O)OCC(C)(C)C)N1C(=O)C=CC1=O. The molecule has 0 spiro atoms. The summed E-state index contributed by atoms with van der Waals surface area (Å²) in [5, 5.41) is 0. The van der Waals surface area contributed by atoms with Crippen molar-refractivity contribution in [2.24, 2.45) is 5.41 Å². The highest BCUT2D eigenvalue weighted by Crippen LogP contribution is 2.19. The van der Waals surface area contributed by atoms with Crippen molar-refractivity contribution >= 4 is 17.8 Å². The van der Waals surface area contributed by atoms with Crippen LogP contribution < -0.4 is 0 Å². The summed E-state index contributed by atoms with van der Waals surface area (Å²) in [5.74, 6) is -1.38. The number of unbranched alkanes of at least 4 members (excludes halogenated alkanes) is 1. The van der Waals surface area contributed by atoms with Crippen LogP contribution in [0.4, 0.5) is 0 Å². The molecule has 1 heterocycles. The molecule has 1 aliphatic rings. The molecule has 2 amide bonds. The van der Waals surface area contributed by atoms with Gasteiger partial charge in [-0.2, -0.15) is 0 Å². The summed E-state index contributed by atoms with van der Waals surface area (Å²) < 4.78 is 5.26. The van der Waals surface area contributed by atoms with Crippen molar-refractivity contribution in [1.29, 1.82) is 0 Å². The Hall–Kier alpha value is -1.65. The van der Waals surface area contributed by atoms with Gasteiger partial charge in [0.1, 0.15) is 6.04 Å². The Labute approximate surface area is 120 Å². The van der Waals surface area contributed by atoms with Crippen LogP contribution in [0.15, 0.2) is 12.2 Å². The number of ether oxygens (including phenoxy) is 1. The molecular formula is C15H23NO4. The first-order valence-corrected chi connectivity index (χ1v) is 6.98. The van der Waals surface area contributed by atoms with Crippen LogP contribution in [0, 0.1) is 5.41 Å². The maximum atomic E-state index is 12.2. The van der Waals surface area contributed by atoms with Crippen molar-refractivity contribution in [2.45, 2.75) is 53.0 Å². The van der Waals surface area contributed by atoms with Crippen molar-refractivity contribution in [2.75, 3.05) is 6.61 Å². The first kappa shape index (κ1) is 16.4. The Morgan fingerprint density at radius 3 is 2.25 bits per heavy atom. The van der Waals surface area contributed by atoms with E-state index in [9.17, 15) is 14.4 Å². The van der Waals surface area contributed by atoms with Gasteiger partial charge >= 0.3 is 5.97 Å². The fourth-order valence-electron chi connectivity index (χ4n) is 1.85. The molecule has 1 rings (SSSR count). The van der Waals surface area contributed by atoms with Crippen LogP contribution in [0.1, 0.15) is 47.0 Å². The number of nitrogens with zero attached hydrogens (tertiary/aromatic N) is 1. The Balaban J connectivity index is 2.76. The molecule has 0 bridgehead atoms. The van der Waals surface area contributed by atoms with Crippen molar-refractivity contribution in [3.8, 4) is 0 Å². The third-order valence-electron chi connectivity index (χ3n) is 2.91. The van der Waals surface area contributed by atoms with Crippen LogP contribution in [0.25, 0.3) is 0 Å². The average Bonchev–Trinajstić information content (AvgIpc) is 2.67. The van der Waals surface area contributed by atoms with E-state index < -0.39 is 23.8 Å². The van der Waals surface area contributed by atoms with E-state index in [4.69, 9.17) is 4.74 Å². The van der Waals surface area contributed by atoms with Crippen LogP contribution in [-0.4, -0.2) is 35.3 Å². The largest absolute Gasteiger partial charge is 0.464 e. The van der Waals surface area contributed by atoms with Crippen molar-refractivity contribution in [3.05, 3.63) is 12.2 Å². The second kappa shape index (κ2) is 6.68. The number of esters is 1. The summed E-state index contributed by atoms with van der Waals surface area (Å²) in [6, 6.07) is -0.813. The maximum Gasteiger partial charge on any atom is 0.329 e. The standard InChI is InChI=1S/C15H23NO4/c1-5-6-7-11(14(19)20-10-15(2,3)4)16-12(17)8-9-13(16)18/h8-9,11H,5-7,10H2,1-4H3. The van der Waals surface area contributed by atoms with Gasteiger partial charge in [0.25, 0.3) is 11.8 Å². The van der Waals surface area contributed by atoms with Gasteiger partial charge in [0.2, 0.25) is 0 Å². The van der Waals surface area contributed by atoms with Gasteiger partial charge in [-0.3, -0.25) is 14.5 Å². The summed E-state index contributed by atoms with van der Waals surface area (Å²) in [6.07, 6.45) is 4.47. The van der Waals surface area contributed by atoms with Gasteiger partial charge in [-0.05, 0) is 11.8 Å². The lowest BCUT2D eigenvalue weighted by Gasteiger charge is -2.26. The zero-order valence-corrected chi connectivity index (χ0v) is 12.6. The minimum absolute atomic E-state index is 0.151. The monoisotopic (exact) mass is 281 g/mol. The van der Waals surface area contributed by atoms with Gasteiger partial charge in [-0.1, -0.05) is 40.5 Å². The molecule has 0 aromatic heterocycles. The molecule has 112 valence electrons. The van der Waals surface area contributed by atoms with E-state index in [-0.39, 0.29) is 12.0 Å². The molecule has 1 aliphatic heterocycles. The number of imide groups is 1. The molecule has 0 saturated heterocycles. The van der Waals surface area contributed by atoms with Crippen LogP contribution in [-0.2, 0) is 19.1 Å². The number of amides is 2. The molecule has 0 aromatic carbocycles. The first-order valence-electron chi connectivity index (χ1n) is 6.98.